The molecule has 92 valence electrons. The molecular formula is C11H13Cl2N3O. The van der Waals surface area contributed by atoms with E-state index in [9.17, 15) is 4.79 Å². The molecule has 2 unspecified atom stereocenters. The minimum atomic E-state index is -0.161. The van der Waals surface area contributed by atoms with Gasteiger partial charge in [-0.2, -0.15) is 0 Å². The van der Waals surface area contributed by atoms with E-state index >= 15 is 0 Å². The standard InChI is InChI=1S/C11H13Cl2N3O/c1-6-3-7(6)5-16(2)11(17)8-4-9(12)14-15-10(8)13/h4,6-7H,3,5H2,1-2H3. The molecule has 2 atom stereocenters. The van der Waals surface area contributed by atoms with Crippen LogP contribution < -0.4 is 0 Å². The largest absolute Gasteiger partial charge is 0.341 e. The van der Waals surface area contributed by atoms with Crippen LogP contribution in [0.1, 0.15) is 23.7 Å². The highest BCUT2D eigenvalue weighted by atomic mass is 35.5. The van der Waals surface area contributed by atoms with Crippen LogP contribution in [0.2, 0.25) is 10.3 Å². The van der Waals surface area contributed by atoms with Gasteiger partial charge in [0.15, 0.2) is 10.3 Å². The summed E-state index contributed by atoms with van der Waals surface area (Å²) in [5.74, 6) is 1.15. The Morgan fingerprint density at radius 2 is 2.18 bits per heavy atom. The minimum absolute atomic E-state index is 0.0927. The van der Waals surface area contributed by atoms with Crippen molar-refractivity contribution in [2.45, 2.75) is 13.3 Å². The maximum Gasteiger partial charge on any atom is 0.256 e. The quantitative estimate of drug-likeness (QED) is 0.850. The van der Waals surface area contributed by atoms with Crippen molar-refractivity contribution in [2.75, 3.05) is 13.6 Å². The molecule has 1 fully saturated rings. The molecule has 1 heterocycles. The first-order valence-electron chi connectivity index (χ1n) is 5.43. The second kappa shape index (κ2) is 4.78. The number of rotatable bonds is 3. The zero-order valence-electron chi connectivity index (χ0n) is 9.65. The molecule has 1 saturated carbocycles. The number of aromatic nitrogens is 2. The van der Waals surface area contributed by atoms with E-state index in [0.29, 0.717) is 17.4 Å². The van der Waals surface area contributed by atoms with Gasteiger partial charge in [-0.15, -0.1) is 10.2 Å². The molecule has 0 bridgehead atoms. The number of halogens is 2. The van der Waals surface area contributed by atoms with Crippen molar-refractivity contribution < 1.29 is 4.79 Å². The Labute approximate surface area is 110 Å². The molecule has 0 aliphatic heterocycles. The van der Waals surface area contributed by atoms with Crippen LogP contribution in [-0.4, -0.2) is 34.6 Å². The van der Waals surface area contributed by atoms with Crippen molar-refractivity contribution in [1.29, 1.82) is 0 Å². The van der Waals surface area contributed by atoms with E-state index in [1.807, 2.05) is 0 Å². The van der Waals surface area contributed by atoms with Crippen molar-refractivity contribution in [1.82, 2.24) is 15.1 Å². The molecule has 1 aromatic rings. The Morgan fingerprint density at radius 3 is 2.76 bits per heavy atom. The van der Waals surface area contributed by atoms with Crippen LogP contribution in [0, 0.1) is 11.8 Å². The first-order chi connectivity index (χ1) is 7.99. The lowest BCUT2D eigenvalue weighted by atomic mass is 10.2. The summed E-state index contributed by atoms with van der Waals surface area (Å²) in [7, 11) is 1.76. The molecule has 2 rings (SSSR count). The highest BCUT2D eigenvalue weighted by Crippen LogP contribution is 2.38. The van der Waals surface area contributed by atoms with E-state index in [4.69, 9.17) is 23.2 Å². The monoisotopic (exact) mass is 273 g/mol. The summed E-state index contributed by atoms with van der Waals surface area (Å²) in [5.41, 5.74) is 0.308. The van der Waals surface area contributed by atoms with Gasteiger partial charge >= 0.3 is 0 Å². The summed E-state index contributed by atoms with van der Waals surface area (Å²) in [4.78, 5) is 13.8. The second-order valence-corrected chi connectivity index (χ2v) is 5.28. The number of carbonyl (C=O) groups excluding carboxylic acids is 1. The maximum atomic E-state index is 12.1. The molecule has 17 heavy (non-hydrogen) atoms. The lowest BCUT2D eigenvalue weighted by molar-refractivity contribution is 0.0786. The van der Waals surface area contributed by atoms with Gasteiger partial charge in [0.05, 0.1) is 5.56 Å². The van der Waals surface area contributed by atoms with Crippen LogP contribution in [0.4, 0.5) is 0 Å². The number of amides is 1. The topological polar surface area (TPSA) is 46.1 Å². The molecule has 0 saturated heterocycles. The molecular weight excluding hydrogens is 261 g/mol. The van der Waals surface area contributed by atoms with Crippen LogP contribution >= 0.6 is 23.2 Å². The Balaban J connectivity index is 2.10. The summed E-state index contributed by atoms with van der Waals surface area (Å²) in [5, 5.41) is 7.47. The molecule has 0 N–H and O–H groups in total. The van der Waals surface area contributed by atoms with E-state index in [2.05, 4.69) is 17.1 Å². The smallest absolute Gasteiger partial charge is 0.256 e. The van der Waals surface area contributed by atoms with Crippen LogP contribution in [0.25, 0.3) is 0 Å². The van der Waals surface area contributed by atoms with Crippen LogP contribution in [0.5, 0.6) is 0 Å². The highest BCUT2D eigenvalue weighted by molar-refractivity contribution is 6.34. The molecule has 0 spiro atoms. The predicted molar refractivity (Wildman–Crippen MR) is 66.3 cm³/mol. The normalized spacial score (nSPS) is 22.4. The fourth-order valence-corrected chi connectivity index (χ4v) is 2.12. The van der Waals surface area contributed by atoms with Gasteiger partial charge in [-0.3, -0.25) is 4.79 Å². The van der Waals surface area contributed by atoms with Gasteiger partial charge in [0, 0.05) is 13.6 Å². The van der Waals surface area contributed by atoms with Crippen molar-refractivity contribution in [3.05, 3.63) is 21.9 Å². The number of hydrogen-bond acceptors (Lipinski definition) is 3. The average molecular weight is 274 g/mol. The van der Waals surface area contributed by atoms with Crippen molar-refractivity contribution >= 4 is 29.1 Å². The molecule has 6 heteroatoms. The molecule has 0 radical (unpaired) electrons. The maximum absolute atomic E-state index is 12.1. The third kappa shape index (κ3) is 2.87. The first-order valence-corrected chi connectivity index (χ1v) is 6.19. The number of carbonyl (C=O) groups is 1. The van der Waals surface area contributed by atoms with Crippen LogP contribution in [0.3, 0.4) is 0 Å². The predicted octanol–water partition coefficient (Wildman–Crippen LogP) is 2.51. The zero-order valence-corrected chi connectivity index (χ0v) is 11.2. The van der Waals surface area contributed by atoms with E-state index in [-0.39, 0.29) is 16.2 Å². The molecule has 0 aromatic carbocycles. The lowest BCUT2D eigenvalue weighted by Gasteiger charge is -2.17. The zero-order chi connectivity index (χ0) is 12.6. The first kappa shape index (κ1) is 12.6. The SMILES string of the molecule is CC1CC1CN(C)C(=O)c1cc(Cl)nnc1Cl. The van der Waals surface area contributed by atoms with Crippen LogP contribution in [-0.2, 0) is 0 Å². The Morgan fingerprint density at radius 1 is 1.53 bits per heavy atom. The van der Waals surface area contributed by atoms with E-state index in [0.717, 1.165) is 6.54 Å². The van der Waals surface area contributed by atoms with Gasteiger partial charge in [0.1, 0.15) is 0 Å². The van der Waals surface area contributed by atoms with Crippen molar-refractivity contribution in [3.8, 4) is 0 Å². The highest BCUT2D eigenvalue weighted by Gasteiger charge is 2.34. The average Bonchev–Trinajstić information content (AvgIpc) is 2.96. The van der Waals surface area contributed by atoms with Crippen molar-refractivity contribution in [2.24, 2.45) is 11.8 Å². The minimum Gasteiger partial charge on any atom is -0.341 e. The Kier molecular flexibility index (Phi) is 3.54. The van der Waals surface area contributed by atoms with Gasteiger partial charge < -0.3 is 4.90 Å². The van der Waals surface area contributed by atoms with E-state index in [1.54, 1.807) is 11.9 Å². The number of hydrogen-bond donors (Lipinski definition) is 0. The molecule has 1 aromatic heterocycles. The van der Waals surface area contributed by atoms with E-state index in [1.165, 1.54) is 12.5 Å². The van der Waals surface area contributed by atoms with Gasteiger partial charge in [0.2, 0.25) is 0 Å². The Bertz CT molecular complexity index is 452. The van der Waals surface area contributed by atoms with Gasteiger partial charge in [-0.25, -0.2) is 0 Å². The molecule has 4 nitrogen and oxygen atoms in total. The molecule has 1 aliphatic rings. The summed E-state index contributed by atoms with van der Waals surface area (Å²) >= 11 is 11.5. The van der Waals surface area contributed by atoms with E-state index < -0.39 is 0 Å². The van der Waals surface area contributed by atoms with Crippen molar-refractivity contribution in [3.63, 3.8) is 0 Å². The van der Waals surface area contributed by atoms with Gasteiger partial charge in [-0.1, -0.05) is 30.1 Å². The second-order valence-electron chi connectivity index (χ2n) is 4.53. The number of nitrogens with zero attached hydrogens (tertiary/aromatic N) is 3. The third-order valence-corrected chi connectivity index (χ3v) is 3.54. The summed E-state index contributed by atoms with van der Waals surface area (Å²) < 4.78 is 0. The summed E-state index contributed by atoms with van der Waals surface area (Å²) in [6.45, 7) is 2.93. The summed E-state index contributed by atoms with van der Waals surface area (Å²) in [6.07, 6.45) is 1.18. The summed E-state index contributed by atoms with van der Waals surface area (Å²) in [6, 6.07) is 1.45. The fourth-order valence-electron chi connectivity index (χ4n) is 1.80. The van der Waals surface area contributed by atoms with Crippen LogP contribution in [0.15, 0.2) is 6.07 Å². The third-order valence-electron chi connectivity index (χ3n) is 3.08. The van der Waals surface area contributed by atoms with Gasteiger partial charge in [-0.05, 0) is 24.3 Å². The lowest BCUT2D eigenvalue weighted by Crippen LogP contribution is -2.29. The fraction of sp³-hybridized carbons (Fsp3) is 0.545. The molecule has 1 amide bonds. The Hall–Kier alpha value is -0.870. The molecule has 1 aliphatic carbocycles. The van der Waals surface area contributed by atoms with Gasteiger partial charge in [0.25, 0.3) is 5.91 Å².